The fourth-order valence-electron chi connectivity index (χ4n) is 3.17. The van der Waals surface area contributed by atoms with Gasteiger partial charge >= 0.3 is 0 Å². The first-order chi connectivity index (χ1) is 14.6. The summed E-state index contributed by atoms with van der Waals surface area (Å²) in [6, 6.07) is 13.1. The Morgan fingerprint density at radius 2 is 1.83 bits per heavy atom. The molecule has 2 aromatic rings. The predicted octanol–water partition coefficient (Wildman–Crippen LogP) is 3.64. The van der Waals surface area contributed by atoms with E-state index in [2.05, 4.69) is 34.7 Å². The highest BCUT2D eigenvalue weighted by molar-refractivity contribution is 6.10. The molecule has 1 aliphatic heterocycles. The molecule has 0 spiro atoms. The number of aliphatic imine (C=N–C) groups is 1. The van der Waals surface area contributed by atoms with Gasteiger partial charge in [-0.1, -0.05) is 19.1 Å². The second-order valence-corrected chi connectivity index (χ2v) is 7.06. The summed E-state index contributed by atoms with van der Waals surface area (Å²) in [5, 5.41) is 6.08. The fourth-order valence-corrected chi connectivity index (χ4v) is 3.17. The van der Waals surface area contributed by atoms with Gasteiger partial charge in [-0.15, -0.1) is 0 Å². The first kappa shape index (κ1) is 21.6. The van der Waals surface area contributed by atoms with Crippen LogP contribution >= 0.6 is 0 Å². The molecule has 0 unspecified atom stereocenters. The Bertz CT molecular complexity index is 852. The molecule has 30 heavy (non-hydrogen) atoms. The molecule has 0 radical (unpaired) electrons. The van der Waals surface area contributed by atoms with Crippen molar-refractivity contribution in [2.24, 2.45) is 4.99 Å². The fraction of sp³-hybridized carbons (Fsp3) is 0.391. The molecule has 3 rings (SSSR count). The van der Waals surface area contributed by atoms with Crippen LogP contribution in [0.25, 0.3) is 0 Å². The largest absolute Gasteiger partial charge is 0.497 e. The van der Waals surface area contributed by atoms with E-state index in [1.54, 1.807) is 32.4 Å². The average molecular weight is 412 g/mol. The summed E-state index contributed by atoms with van der Waals surface area (Å²) in [5.41, 5.74) is 2.51. The van der Waals surface area contributed by atoms with Crippen LogP contribution in [0.5, 0.6) is 11.5 Å². The van der Waals surface area contributed by atoms with Gasteiger partial charge in [-0.05, 0) is 49.1 Å². The topological polar surface area (TPSA) is 81.2 Å². The van der Waals surface area contributed by atoms with Gasteiger partial charge in [0, 0.05) is 23.9 Å². The lowest BCUT2D eigenvalue weighted by atomic mass is 10.1. The molecule has 0 saturated carbocycles. The number of aryl methyl sites for hydroxylation is 1. The lowest BCUT2D eigenvalue weighted by Gasteiger charge is -2.14. The van der Waals surface area contributed by atoms with Crippen molar-refractivity contribution in [3.05, 3.63) is 53.6 Å². The predicted molar refractivity (Wildman–Crippen MR) is 118 cm³/mol. The summed E-state index contributed by atoms with van der Waals surface area (Å²) in [7, 11) is 3.10. The van der Waals surface area contributed by atoms with Gasteiger partial charge in [0.15, 0.2) is 0 Å². The summed E-state index contributed by atoms with van der Waals surface area (Å²) < 4.78 is 16.2. The van der Waals surface area contributed by atoms with Crippen molar-refractivity contribution in [3.63, 3.8) is 0 Å². The van der Waals surface area contributed by atoms with Gasteiger partial charge in [-0.3, -0.25) is 10.1 Å². The zero-order valence-corrected chi connectivity index (χ0v) is 17.7. The number of carbonyl (C=O) groups excluding carboxylic acids is 1. The first-order valence-corrected chi connectivity index (χ1v) is 10.2. The van der Waals surface area contributed by atoms with Gasteiger partial charge in [-0.25, -0.2) is 4.99 Å². The number of hydrogen-bond acceptors (Lipinski definition) is 5. The third kappa shape index (κ3) is 5.97. The highest BCUT2D eigenvalue weighted by Gasteiger charge is 2.17. The lowest BCUT2D eigenvalue weighted by Crippen LogP contribution is -2.36. The smallest absolute Gasteiger partial charge is 0.258 e. The molecule has 7 heteroatoms. The van der Waals surface area contributed by atoms with Gasteiger partial charge in [0.1, 0.15) is 11.5 Å². The lowest BCUT2D eigenvalue weighted by molar-refractivity contribution is 0.0975. The number of methoxy groups -OCH3 is 2. The zero-order valence-electron chi connectivity index (χ0n) is 17.7. The number of hydrogen-bond donors (Lipinski definition) is 2. The maximum absolute atomic E-state index is 12.9. The Morgan fingerprint density at radius 1 is 1.13 bits per heavy atom. The Morgan fingerprint density at radius 3 is 2.40 bits per heavy atom. The van der Waals surface area contributed by atoms with Gasteiger partial charge in [0.25, 0.3) is 5.91 Å². The van der Waals surface area contributed by atoms with Crippen LogP contribution in [-0.4, -0.2) is 45.3 Å². The number of guanidine groups is 1. The molecule has 0 aliphatic carbocycles. The van der Waals surface area contributed by atoms with E-state index >= 15 is 0 Å². The van der Waals surface area contributed by atoms with Gasteiger partial charge in [0.2, 0.25) is 5.96 Å². The third-order valence-corrected chi connectivity index (χ3v) is 4.95. The van der Waals surface area contributed by atoms with E-state index in [0.29, 0.717) is 29.6 Å². The summed E-state index contributed by atoms with van der Waals surface area (Å²) in [6.07, 6.45) is 3.06. The van der Waals surface area contributed by atoms with Crippen LogP contribution in [0, 0.1) is 0 Å². The Hall–Kier alpha value is -3.06. The molecule has 2 aromatic carbocycles. The van der Waals surface area contributed by atoms with E-state index in [4.69, 9.17) is 14.2 Å². The van der Waals surface area contributed by atoms with Crippen LogP contribution in [0.1, 0.15) is 35.7 Å². The minimum absolute atomic E-state index is 0.0816. The quantitative estimate of drug-likeness (QED) is 0.537. The van der Waals surface area contributed by atoms with Crippen molar-refractivity contribution in [1.29, 1.82) is 0 Å². The molecule has 160 valence electrons. The standard InChI is InChI=1S/C23H29N3O4/c1-4-16-7-9-18(10-8-16)25-23(24-15-19-6-5-11-30-19)26-22(27)17-12-20(28-2)14-21(13-17)29-3/h7-10,12-14,19H,4-6,11,15H2,1-3H3,(H2,24,25,26,27)/t19-/m0/s1. The summed E-state index contributed by atoms with van der Waals surface area (Å²) in [4.78, 5) is 17.5. The van der Waals surface area contributed by atoms with Gasteiger partial charge in [0.05, 0.1) is 26.9 Å². The van der Waals surface area contributed by atoms with E-state index in [1.165, 1.54) is 5.56 Å². The molecule has 1 saturated heterocycles. The van der Waals surface area contributed by atoms with Crippen LogP contribution in [0.4, 0.5) is 5.69 Å². The van der Waals surface area contributed by atoms with Gasteiger partial charge in [-0.2, -0.15) is 0 Å². The monoisotopic (exact) mass is 411 g/mol. The molecule has 1 aliphatic rings. The van der Waals surface area contributed by atoms with Crippen molar-refractivity contribution >= 4 is 17.6 Å². The third-order valence-electron chi connectivity index (χ3n) is 4.95. The van der Waals surface area contributed by atoms with Crippen molar-refractivity contribution in [2.45, 2.75) is 32.3 Å². The van der Waals surface area contributed by atoms with Crippen molar-refractivity contribution < 1.29 is 19.0 Å². The molecule has 7 nitrogen and oxygen atoms in total. The molecule has 0 bridgehead atoms. The number of rotatable bonds is 7. The minimum atomic E-state index is -0.309. The summed E-state index contributed by atoms with van der Waals surface area (Å²) in [6.45, 7) is 3.36. The Labute approximate surface area is 177 Å². The normalized spacial score (nSPS) is 16.2. The molecule has 1 atom stereocenters. The summed E-state index contributed by atoms with van der Waals surface area (Å²) >= 11 is 0. The maximum atomic E-state index is 12.9. The van der Waals surface area contributed by atoms with E-state index in [0.717, 1.165) is 31.6 Å². The number of anilines is 1. The van der Waals surface area contributed by atoms with Crippen LogP contribution < -0.4 is 20.1 Å². The highest BCUT2D eigenvalue weighted by Crippen LogP contribution is 2.22. The summed E-state index contributed by atoms with van der Waals surface area (Å²) in [5.74, 6) is 1.15. The maximum Gasteiger partial charge on any atom is 0.258 e. The molecule has 0 aromatic heterocycles. The van der Waals surface area contributed by atoms with Crippen LogP contribution in [0.2, 0.25) is 0 Å². The molecule has 2 N–H and O–H groups in total. The minimum Gasteiger partial charge on any atom is -0.497 e. The van der Waals surface area contributed by atoms with Gasteiger partial charge < -0.3 is 19.5 Å². The number of nitrogens with one attached hydrogen (secondary N) is 2. The van der Waals surface area contributed by atoms with E-state index < -0.39 is 0 Å². The molecule has 1 fully saturated rings. The number of ether oxygens (including phenoxy) is 3. The molecular formula is C23H29N3O4. The molecular weight excluding hydrogens is 382 g/mol. The molecule has 1 heterocycles. The Kier molecular flexibility index (Phi) is 7.68. The first-order valence-electron chi connectivity index (χ1n) is 10.2. The number of nitrogens with zero attached hydrogens (tertiary/aromatic N) is 1. The number of amides is 1. The van der Waals surface area contributed by atoms with E-state index in [9.17, 15) is 4.79 Å². The van der Waals surface area contributed by atoms with Crippen LogP contribution in [-0.2, 0) is 11.2 Å². The van der Waals surface area contributed by atoms with Crippen molar-refractivity contribution in [3.8, 4) is 11.5 Å². The van der Waals surface area contributed by atoms with E-state index in [1.807, 2.05) is 12.1 Å². The second kappa shape index (κ2) is 10.6. The van der Waals surface area contributed by atoms with Crippen molar-refractivity contribution in [2.75, 3.05) is 32.7 Å². The average Bonchev–Trinajstić information content (AvgIpc) is 3.31. The zero-order chi connectivity index (χ0) is 21.3. The number of carbonyl (C=O) groups is 1. The van der Waals surface area contributed by atoms with E-state index in [-0.39, 0.29) is 12.0 Å². The van der Waals surface area contributed by atoms with Crippen LogP contribution in [0.3, 0.4) is 0 Å². The SMILES string of the molecule is CCc1ccc(NC(=NC[C@@H]2CCCO2)NC(=O)c2cc(OC)cc(OC)c2)cc1. The number of benzene rings is 2. The van der Waals surface area contributed by atoms with Crippen molar-refractivity contribution in [1.82, 2.24) is 5.32 Å². The molecule has 1 amide bonds. The van der Waals surface area contributed by atoms with Crippen LogP contribution in [0.15, 0.2) is 47.5 Å². The second-order valence-electron chi connectivity index (χ2n) is 7.06. The highest BCUT2D eigenvalue weighted by atomic mass is 16.5. The Balaban J connectivity index is 1.78.